The Bertz CT molecular complexity index is 827. The van der Waals surface area contributed by atoms with E-state index in [2.05, 4.69) is 20.8 Å². The fourth-order valence-electron chi connectivity index (χ4n) is 3.31. The zero-order valence-electron chi connectivity index (χ0n) is 16.8. The summed E-state index contributed by atoms with van der Waals surface area (Å²) >= 11 is 1.60. The summed E-state index contributed by atoms with van der Waals surface area (Å²) in [6.07, 6.45) is 0. The van der Waals surface area contributed by atoms with Gasteiger partial charge in [-0.15, -0.1) is 11.8 Å². The van der Waals surface area contributed by atoms with Crippen molar-refractivity contribution in [2.75, 3.05) is 12.4 Å². The number of carbonyl (C=O) groups excluding carboxylic acids is 2. The summed E-state index contributed by atoms with van der Waals surface area (Å²) < 4.78 is 5.24. The Morgan fingerprint density at radius 3 is 2.29 bits per heavy atom. The molecule has 28 heavy (non-hydrogen) atoms. The third-order valence-electron chi connectivity index (χ3n) is 4.88. The van der Waals surface area contributed by atoms with Gasteiger partial charge in [0.1, 0.15) is 11.4 Å². The fourth-order valence-corrected chi connectivity index (χ4v) is 4.72. The maximum absolute atomic E-state index is 13.4. The molecular formula is C23H27NO3S. The number of rotatable bonds is 4. The maximum atomic E-state index is 13.4. The average molecular weight is 398 g/mol. The Hall–Kier alpha value is -2.27. The Balaban J connectivity index is 1.94. The lowest BCUT2D eigenvalue weighted by atomic mass is 9.86. The Morgan fingerprint density at radius 1 is 1.07 bits per heavy atom. The third-order valence-corrected chi connectivity index (χ3v) is 6.20. The Labute approximate surface area is 171 Å². The normalized spacial score (nSPS) is 19.5. The summed E-state index contributed by atoms with van der Waals surface area (Å²) in [5, 5.41) is -0.203. The van der Waals surface area contributed by atoms with Gasteiger partial charge in [0.2, 0.25) is 0 Å². The first-order valence-electron chi connectivity index (χ1n) is 9.59. The van der Waals surface area contributed by atoms with Crippen LogP contribution in [0.3, 0.4) is 0 Å². The predicted molar refractivity (Wildman–Crippen MR) is 113 cm³/mol. The summed E-state index contributed by atoms with van der Waals surface area (Å²) in [7, 11) is 0. The first-order valence-corrected chi connectivity index (χ1v) is 10.6. The van der Waals surface area contributed by atoms with Gasteiger partial charge >= 0.3 is 5.97 Å². The number of hydrogen-bond acceptors (Lipinski definition) is 4. The highest BCUT2D eigenvalue weighted by molar-refractivity contribution is 7.99. The summed E-state index contributed by atoms with van der Waals surface area (Å²) in [5.74, 6) is 0.0509. The van der Waals surface area contributed by atoms with Crippen LogP contribution in [0, 0.1) is 0 Å². The van der Waals surface area contributed by atoms with Gasteiger partial charge in [-0.1, -0.05) is 63.2 Å². The topological polar surface area (TPSA) is 46.6 Å². The van der Waals surface area contributed by atoms with E-state index in [0.717, 1.165) is 5.56 Å². The van der Waals surface area contributed by atoms with E-state index in [1.165, 1.54) is 5.56 Å². The second-order valence-corrected chi connectivity index (χ2v) is 9.02. The van der Waals surface area contributed by atoms with Crippen LogP contribution < -0.4 is 0 Å². The van der Waals surface area contributed by atoms with Crippen LogP contribution in [0.2, 0.25) is 0 Å². The minimum Gasteiger partial charge on any atom is -0.464 e. The van der Waals surface area contributed by atoms with Gasteiger partial charge in [0.05, 0.1) is 6.61 Å². The van der Waals surface area contributed by atoms with Crippen molar-refractivity contribution < 1.29 is 14.3 Å². The van der Waals surface area contributed by atoms with E-state index in [4.69, 9.17) is 4.74 Å². The molecule has 0 radical (unpaired) electrons. The molecule has 5 heteroatoms. The van der Waals surface area contributed by atoms with Gasteiger partial charge < -0.3 is 9.64 Å². The van der Waals surface area contributed by atoms with Crippen molar-refractivity contribution in [2.45, 2.75) is 44.5 Å². The van der Waals surface area contributed by atoms with Gasteiger partial charge in [-0.25, -0.2) is 4.79 Å². The number of amides is 1. The van der Waals surface area contributed by atoms with Crippen LogP contribution in [-0.2, 0) is 14.9 Å². The van der Waals surface area contributed by atoms with Crippen molar-refractivity contribution >= 4 is 23.6 Å². The molecule has 1 aliphatic rings. The van der Waals surface area contributed by atoms with Crippen LogP contribution in [0.4, 0.5) is 0 Å². The molecule has 3 rings (SSSR count). The number of benzene rings is 2. The van der Waals surface area contributed by atoms with E-state index in [0.29, 0.717) is 17.9 Å². The smallest absolute Gasteiger partial charge is 0.329 e. The molecule has 2 unspecified atom stereocenters. The molecule has 2 aromatic rings. The average Bonchev–Trinajstić information content (AvgIpc) is 3.13. The van der Waals surface area contributed by atoms with Crippen LogP contribution in [-0.4, -0.2) is 35.2 Å². The van der Waals surface area contributed by atoms with E-state index >= 15 is 0 Å². The Kier molecular flexibility index (Phi) is 6.14. The molecule has 0 spiro atoms. The monoisotopic (exact) mass is 397 g/mol. The molecule has 0 aliphatic carbocycles. The van der Waals surface area contributed by atoms with Gasteiger partial charge in [0, 0.05) is 11.3 Å². The van der Waals surface area contributed by atoms with Crippen molar-refractivity contribution in [1.82, 2.24) is 4.90 Å². The molecule has 0 N–H and O–H groups in total. The van der Waals surface area contributed by atoms with E-state index in [-0.39, 0.29) is 22.7 Å². The number of ether oxygens (including phenoxy) is 1. The molecular weight excluding hydrogens is 370 g/mol. The number of nitrogens with zero attached hydrogens (tertiary/aromatic N) is 1. The standard InChI is InChI=1S/C23H27NO3S/c1-5-27-22(26)19-15-28-21(17-9-7-6-8-10-17)24(19)20(25)16-11-13-18(14-12-16)23(2,3)4/h6-14,19,21H,5,15H2,1-4H3. The second-order valence-electron chi connectivity index (χ2n) is 7.90. The minimum absolute atomic E-state index is 0.0190. The molecule has 0 saturated carbocycles. The van der Waals surface area contributed by atoms with Crippen molar-refractivity contribution in [3.05, 3.63) is 71.3 Å². The molecule has 0 aromatic heterocycles. The lowest BCUT2D eigenvalue weighted by Crippen LogP contribution is -2.43. The van der Waals surface area contributed by atoms with Crippen LogP contribution in [0.5, 0.6) is 0 Å². The predicted octanol–water partition coefficient (Wildman–Crippen LogP) is 4.80. The zero-order chi connectivity index (χ0) is 20.3. The lowest BCUT2D eigenvalue weighted by molar-refractivity contribution is -0.147. The van der Waals surface area contributed by atoms with Gasteiger partial charge in [-0.3, -0.25) is 4.79 Å². The molecule has 1 amide bonds. The highest BCUT2D eigenvalue weighted by atomic mass is 32.2. The number of thioether (sulfide) groups is 1. The number of hydrogen-bond donors (Lipinski definition) is 0. The van der Waals surface area contributed by atoms with Gasteiger partial charge in [0.25, 0.3) is 5.91 Å². The van der Waals surface area contributed by atoms with Crippen molar-refractivity contribution in [1.29, 1.82) is 0 Å². The second kappa shape index (κ2) is 8.39. The van der Waals surface area contributed by atoms with Crippen molar-refractivity contribution in [3.8, 4) is 0 Å². The summed E-state index contributed by atoms with van der Waals surface area (Å²) in [6, 6.07) is 17.0. The zero-order valence-corrected chi connectivity index (χ0v) is 17.7. The third kappa shape index (κ3) is 4.25. The van der Waals surface area contributed by atoms with Crippen molar-refractivity contribution in [2.24, 2.45) is 0 Å². The summed E-state index contributed by atoms with van der Waals surface area (Å²) in [5.41, 5.74) is 2.79. The molecule has 148 valence electrons. The molecule has 1 heterocycles. The highest BCUT2D eigenvalue weighted by Gasteiger charge is 2.43. The Morgan fingerprint density at radius 2 is 1.71 bits per heavy atom. The largest absolute Gasteiger partial charge is 0.464 e. The number of carbonyl (C=O) groups is 2. The molecule has 1 fully saturated rings. The molecule has 1 saturated heterocycles. The van der Waals surface area contributed by atoms with Crippen LogP contribution in [0.25, 0.3) is 0 Å². The molecule has 2 aromatic carbocycles. The minimum atomic E-state index is -0.579. The summed E-state index contributed by atoms with van der Waals surface area (Å²) in [4.78, 5) is 27.6. The first-order chi connectivity index (χ1) is 13.3. The van der Waals surface area contributed by atoms with Crippen LogP contribution in [0.1, 0.15) is 54.6 Å². The highest BCUT2D eigenvalue weighted by Crippen LogP contribution is 2.42. The molecule has 0 bridgehead atoms. The van der Waals surface area contributed by atoms with Crippen LogP contribution in [0.15, 0.2) is 54.6 Å². The van der Waals surface area contributed by atoms with Gasteiger partial charge in [-0.05, 0) is 35.6 Å². The molecule has 1 aliphatic heterocycles. The van der Waals surface area contributed by atoms with Gasteiger partial charge in [-0.2, -0.15) is 0 Å². The quantitative estimate of drug-likeness (QED) is 0.695. The van der Waals surface area contributed by atoms with E-state index in [9.17, 15) is 9.59 Å². The molecule has 4 nitrogen and oxygen atoms in total. The lowest BCUT2D eigenvalue weighted by Gasteiger charge is -2.29. The van der Waals surface area contributed by atoms with Gasteiger partial charge in [0.15, 0.2) is 0 Å². The first kappa shape index (κ1) is 20.5. The SMILES string of the molecule is CCOC(=O)C1CSC(c2ccccc2)N1C(=O)c1ccc(C(C)(C)C)cc1. The maximum Gasteiger partial charge on any atom is 0.329 e. The number of esters is 1. The van der Waals surface area contributed by atoms with E-state index in [1.807, 2.05) is 54.6 Å². The fraction of sp³-hybridized carbons (Fsp3) is 0.391. The van der Waals surface area contributed by atoms with Crippen LogP contribution >= 0.6 is 11.8 Å². The summed E-state index contributed by atoms with van der Waals surface area (Å²) in [6.45, 7) is 8.51. The van der Waals surface area contributed by atoms with E-state index < -0.39 is 6.04 Å². The van der Waals surface area contributed by atoms with E-state index in [1.54, 1.807) is 23.6 Å². The van der Waals surface area contributed by atoms with Crippen molar-refractivity contribution in [3.63, 3.8) is 0 Å². The molecule has 2 atom stereocenters.